The van der Waals surface area contributed by atoms with Gasteiger partial charge in [0.2, 0.25) is 0 Å². The van der Waals surface area contributed by atoms with Crippen LogP contribution < -0.4 is 10.1 Å². The molecule has 0 fully saturated rings. The summed E-state index contributed by atoms with van der Waals surface area (Å²) in [5.74, 6) is -0.399. The molecule has 0 aromatic heterocycles. The molecule has 1 unspecified atom stereocenters. The maximum atomic E-state index is 12.3. The number of amides is 1. The normalized spacial score (nSPS) is 12.1. The van der Waals surface area contributed by atoms with E-state index in [0.29, 0.717) is 5.56 Å². The van der Waals surface area contributed by atoms with Gasteiger partial charge in [-0.3, -0.25) is 9.59 Å². The second-order valence-corrected chi connectivity index (χ2v) is 10.5. The number of ether oxygens (including phenoxy) is 1. The van der Waals surface area contributed by atoms with Gasteiger partial charge in [-0.25, -0.2) is 0 Å². The Kier molecular flexibility index (Phi) is 9.90. The molecular weight excluding hydrogens is 462 g/mol. The van der Waals surface area contributed by atoms with Gasteiger partial charge in [-0.2, -0.15) is 0 Å². The highest BCUT2D eigenvalue weighted by atomic mass is 16.5. The lowest BCUT2D eigenvalue weighted by molar-refractivity contribution is -0.136. The fourth-order valence-electron chi connectivity index (χ4n) is 4.16. The van der Waals surface area contributed by atoms with Gasteiger partial charge in [-0.1, -0.05) is 89.1 Å². The summed E-state index contributed by atoms with van der Waals surface area (Å²) in [5, 5.41) is 11.4. The van der Waals surface area contributed by atoms with Crippen molar-refractivity contribution in [1.29, 1.82) is 0 Å². The summed E-state index contributed by atoms with van der Waals surface area (Å²) in [4.78, 5) is 23.0. The molecule has 3 aromatic rings. The van der Waals surface area contributed by atoms with Gasteiger partial charge in [-0.05, 0) is 64.8 Å². The van der Waals surface area contributed by atoms with Crippen molar-refractivity contribution in [2.45, 2.75) is 71.3 Å². The first kappa shape index (κ1) is 28.0. The first-order valence-corrected chi connectivity index (χ1v) is 13.1. The second-order valence-electron chi connectivity index (χ2n) is 10.5. The largest absolute Gasteiger partial charge is 0.486 e. The molecular formula is C32H39NO4. The molecule has 0 aliphatic heterocycles. The number of carbonyl (C=O) groups excluding carboxylic acids is 1. The number of rotatable bonds is 12. The SMILES string of the molecule is CCCCCC(Oc1ccc(-c2ccc(C(C)(C)C)cc2)cc1)c1ccc(C(=O)NCCC(=O)O)cc1. The van der Waals surface area contributed by atoms with E-state index < -0.39 is 5.97 Å². The van der Waals surface area contributed by atoms with Gasteiger partial charge in [0.05, 0.1) is 6.42 Å². The highest BCUT2D eigenvalue weighted by Gasteiger charge is 2.16. The van der Waals surface area contributed by atoms with Gasteiger partial charge in [0.1, 0.15) is 11.9 Å². The molecule has 0 aliphatic rings. The summed E-state index contributed by atoms with van der Waals surface area (Å²) in [5.41, 5.74) is 5.29. The van der Waals surface area contributed by atoms with Crippen LogP contribution in [0.3, 0.4) is 0 Å². The molecule has 37 heavy (non-hydrogen) atoms. The summed E-state index contributed by atoms with van der Waals surface area (Å²) in [6, 6.07) is 24.3. The van der Waals surface area contributed by atoms with Crippen molar-refractivity contribution in [2.75, 3.05) is 6.54 Å². The summed E-state index contributed by atoms with van der Waals surface area (Å²) in [7, 11) is 0. The molecule has 0 saturated heterocycles. The summed E-state index contributed by atoms with van der Waals surface area (Å²) < 4.78 is 6.43. The van der Waals surface area contributed by atoms with Gasteiger partial charge in [0, 0.05) is 12.1 Å². The lowest BCUT2D eigenvalue weighted by Gasteiger charge is -2.21. The Morgan fingerprint density at radius 3 is 2.00 bits per heavy atom. The Labute approximate surface area is 220 Å². The van der Waals surface area contributed by atoms with E-state index in [4.69, 9.17) is 9.84 Å². The van der Waals surface area contributed by atoms with Crippen molar-refractivity contribution in [3.63, 3.8) is 0 Å². The minimum atomic E-state index is -0.936. The Balaban J connectivity index is 1.70. The summed E-state index contributed by atoms with van der Waals surface area (Å²) in [6.07, 6.45) is 3.98. The topological polar surface area (TPSA) is 75.6 Å². The third kappa shape index (κ3) is 8.49. The number of hydrogen-bond donors (Lipinski definition) is 2. The standard InChI is InChI=1S/C32H39NO4/c1-5-6-7-8-29(25-9-11-26(12-10-25)31(36)33-22-21-30(34)35)37-28-19-15-24(16-20-28)23-13-17-27(18-14-23)32(2,3)4/h9-20,29H,5-8,21-22H2,1-4H3,(H,33,36)(H,34,35). The maximum Gasteiger partial charge on any atom is 0.305 e. The van der Waals surface area contributed by atoms with E-state index in [2.05, 4.69) is 69.4 Å². The smallest absolute Gasteiger partial charge is 0.305 e. The third-order valence-electron chi connectivity index (χ3n) is 6.46. The molecule has 5 nitrogen and oxygen atoms in total. The third-order valence-corrected chi connectivity index (χ3v) is 6.46. The van der Waals surface area contributed by atoms with Crippen LogP contribution in [0.15, 0.2) is 72.8 Å². The van der Waals surface area contributed by atoms with Crippen LogP contribution >= 0.6 is 0 Å². The number of carbonyl (C=O) groups is 2. The molecule has 0 radical (unpaired) electrons. The van der Waals surface area contributed by atoms with E-state index in [-0.39, 0.29) is 30.4 Å². The van der Waals surface area contributed by atoms with E-state index in [1.54, 1.807) is 12.1 Å². The number of aliphatic carboxylic acids is 1. The molecule has 0 aliphatic carbocycles. The van der Waals surface area contributed by atoms with Gasteiger partial charge in [0.25, 0.3) is 5.91 Å². The predicted molar refractivity (Wildman–Crippen MR) is 149 cm³/mol. The zero-order valence-electron chi connectivity index (χ0n) is 22.4. The molecule has 5 heteroatoms. The average Bonchev–Trinajstić information content (AvgIpc) is 2.88. The predicted octanol–water partition coefficient (Wildman–Crippen LogP) is 7.56. The molecule has 0 spiro atoms. The van der Waals surface area contributed by atoms with Crippen LogP contribution in [0.4, 0.5) is 0 Å². The van der Waals surface area contributed by atoms with E-state index in [1.165, 1.54) is 11.1 Å². The highest BCUT2D eigenvalue weighted by Crippen LogP contribution is 2.30. The number of carboxylic acid groups (broad SMARTS) is 1. The molecule has 3 rings (SSSR count). The average molecular weight is 502 g/mol. The van der Waals surface area contributed by atoms with Crippen molar-refractivity contribution in [1.82, 2.24) is 5.32 Å². The van der Waals surface area contributed by atoms with Crippen molar-refractivity contribution >= 4 is 11.9 Å². The van der Waals surface area contributed by atoms with E-state index in [0.717, 1.165) is 42.6 Å². The van der Waals surface area contributed by atoms with E-state index in [1.807, 2.05) is 24.3 Å². The Hall–Kier alpha value is -3.60. The van der Waals surface area contributed by atoms with Crippen LogP contribution in [0.2, 0.25) is 0 Å². The van der Waals surface area contributed by atoms with E-state index >= 15 is 0 Å². The Morgan fingerprint density at radius 2 is 1.46 bits per heavy atom. The van der Waals surface area contributed by atoms with Crippen molar-refractivity contribution in [3.8, 4) is 16.9 Å². The molecule has 0 saturated carbocycles. The second kappa shape index (κ2) is 13.1. The molecule has 3 aromatic carbocycles. The first-order chi connectivity index (χ1) is 17.7. The van der Waals surface area contributed by atoms with Gasteiger partial charge in [-0.15, -0.1) is 0 Å². The highest BCUT2D eigenvalue weighted by molar-refractivity contribution is 5.94. The fraction of sp³-hybridized carbons (Fsp3) is 0.375. The number of carboxylic acids is 1. The zero-order valence-corrected chi connectivity index (χ0v) is 22.4. The number of hydrogen-bond acceptors (Lipinski definition) is 3. The van der Waals surface area contributed by atoms with Crippen LogP contribution in [-0.4, -0.2) is 23.5 Å². The molecule has 0 heterocycles. The van der Waals surface area contributed by atoms with Gasteiger partial charge < -0.3 is 15.2 Å². The quantitative estimate of drug-likeness (QED) is 0.251. The van der Waals surface area contributed by atoms with Crippen molar-refractivity contribution in [2.24, 2.45) is 0 Å². The van der Waals surface area contributed by atoms with Crippen molar-refractivity contribution in [3.05, 3.63) is 89.5 Å². The number of unbranched alkanes of at least 4 members (excludes halogenated alkanes) is 2. The first-order valence-electron chi connectivity index (χ1n) is 13.1. The lowest BCUT2D eigenvalue weighted by atomic mass is 9.86. The fourth-order valence-corrected chi connectivity index (χ4v) is 4.16. The van der Waals surface area contributed by atoms with Crippen LogP contribution in [-0.2, 0) is 10.2 Å². The Morgan fingerprint density at radius 1 is 0.865 bits per heavy atom. The maximum absolute atomic E-state index is 12.3. The molecule has 0 bridgehead atoms. The minimum absolute atomic E-state index is 0.0990. The van der Waals surface area contributed by atoms with E-state index in [9.17, 15) is 9.59 Å². The summed E-state index contributed by atoms with van der Waals surface area (Å²) in [6.45, 7) is 8.94. The van der Waals surface area contributed by atoms with Crippen LogP contribution in [0.25, 0.3) is 11.1 Å². The molecule has 1 atom stereocenters. The monoisotopic (exact) mass is 501 g/mol. The zero-order chi connectivity index (χ0) is 26.8. The van der Waals surface area contributed by atoms with Crippen molar-refractivity contribution < 1.29 is 19.4 Å². The molecule has 2 N–H and O–H groups in total. The number of nitrogens with one attached hydrogen (secondary N) is 1. The van der Waals surface area contributed by atoms with Crippen LogP contribution in [0.1, 0.15) is 87.4 Å². The van der Waals surface area contributed by atoms with Crippen LogP contribution in [0.5, 0.6) is 5.75 Å². The van der Waals surface area contributed by atoms with Crippen LogP contribution in [0, 0.1) is 0 Å². The minimum Gasteiger partial charge on any atom is -0.486 e. The lowest BCUT2D eigenvalue weighted by Crippen LogP contribution is -2.26. The molecule has 196 valence electrons. The van der Waals surface area contributed by atoms with Gasteiger partial charge in [0.15, 0.2) is 0 Å². The Bertz CT molecular complexity index is 1140. The summed E-state index contributed by atoms with van der Waals surface area (Å²) >= 11 is 0. The molecule has 1 amide bonds. The van der Waals surface area contributed by atoms with Gasteiger partial charge >= 0.3 is 5.97 Å². The number of benzene rings is 3.